The Balaban J connectivity index is 2.09. The molecule has 0 aromatic rings. The van der Waals surface area contributed by atoms with E-state index in [4.69, 9.17) is 0 Å². The van der Waals surface area contributed by atoms with Gasteiger partial charge in [0.1, 0.15) is 6.29 Å². The van der Waals surface area contributed by atoms with Crippen molar-refractivity contribution < 1.29 is 4.79 Å². The SMILES string of the molecule is O=CC1CC12CC2. The molecule has 0 heterocycles. The summed E-state index contributed by atoms with van der Waals surface area (Å²) >= 11 is 0. The normalized spacial score (nSPS) is 40.9. The lowest BCUT2D eigenvalue weighted by atomic mass is 10.3. The first-order valence-electron chi connectivity index (χ1n) is 2.83. The molecule has 0 aromatic carbocycles. The molecule has 7 heavy (non-hydrogen) atoms. The zero-order valence-corrected chi connectivity index (χ0v) is 4.18. The van der Waals surface area contributed by atoms with E-state index in [0.717, 1.165) is 6.29 Å². The summed E-state index contributed by atoms with van der Waals surface area (Å²) in [6.45, 7) is 0. The van der Waals surface area contributed by atoms with E-state index in [9.17, 15) is 4.79 Å². The number of hydrogen-bond acceptors (Lipinski definition) is 1. The highest BCUT2D eigenvalue weighted by Gasteiger charge is 2.62. The van der Waals surface area contributed by atoms with Gasteiger partial charge in [-0.2, -0.15) is 0 Å². The molecule has 0 bridgehead atoms. The maximum atomic E-state index is 10.0. The van der Waals surface area contributed by atoms with Crippen LogP contribution in [0.3, 0.4) is 0 Å². The van der Waals surface area contributed by atoms with Crippen molar-refractivity contribution in [1.29, 1.82) is 0 Å². The summed E-state index contributed by atoms with van der Waals surface area (Å²) in [4.78, 5) is 10.0. The monoisotopic (exact) mass is 96.1 g/mol. The average Bonchev–Trinajstić information content (AvgIpc) is 2.52. The topological polar surface area (TPSA) is 17.1 Å². The van der Waals surface area contributed by atoms with Gasteiger partial charge in [-0.1, -0.05) is 0 Å². The van der Waals surface area contributed by atoms with Crippen LogP contribution in [0.15, 0.2) is 0 Å². The van der Waals surface area contributed by atoms with Gasteiger partial charge in [0.2, 0.25) is 0 Å². The Morgan fingerprint density at radius 1 is 1.57 bits per heavy atom. The predicted molar refractivity (Wildman–Crippen MR) is 25.8 cm³/mol. The second-order valence-electron chi connectivity index (χ2n) is 2.81. The van der Waals surface area contributed by atoms with Crippen molar-refractivity contribution in [2.75, 3.05) is 0 Å². The minimum absolute atomic E-state index is 0.479. The van der Waals surface area contributed by atoms with Crippen LogP contribution in [0.1, 0.15) is 19.3 Å². The fraction of sp³-hybridized carbons (Fsp3) is 0.833. The van der Waals surface area contributed by atoms with Crippen molar-refractivity contribution in [3.63, 3.8) is 0 Å². The number of hydrogen-bond donors (Lipinski definition) is 0. The summed E-state index contributed by atoms with van der Waals surface area (Å²) in [5.41, 5.74) is 0.599. The Bertz CT molecular complexity index is 113. The van der Waals surface area contributed by atoms with Gasteiger partial charge in [0, 0.05) is 5.92 Å². The van der Waals surface area contributed by atoms with Crippen LogP contribution in [0.5, 0.6) is 0 Å². The number of carbonyl (C=O) groups is 1. The second kappa shape index (κ2) is 0.770. The van der Waals surface area contributed by atoms with Crippen molar-refractivity contribution in [2.45, 2.75) is 19.3 Å². The molecule has 1 atom stereocenters. The predicted octanol–water partition coefficient (Wildman–Crippen LogP) is 0.985. The second-order valence-corrected chi connectivity index (χ2v) is 2.81. The van der Waals surface area contributed by atoms with Gasteiger partial charge in [-0.05, 0) is 24.7 Å². The van der Waals surface area contributed by atoms with E-state index in [2.05, 4.69) is 0 Å². The summed E-state index contributed by atoms with van der Waals surface area (Å²) in [7, 11) is 0. The largest absolute Gasteiger partial charge is 0.303 e. The molecule has 1 spiro atoms. The van der Waals surface area contributed by atoms with Crippen LogP contribution in [-0.4, -0.2) is 6.29 Å². The first kappa shape index (κ1) is 3.65. The molecule has 2 saturated carbocycles. The van der Waals surface area contributed by atoms with Crippen molar-refractivity contribution in [3.05, 3.63) is 0 Å². The first-order chi connectivity index (χ1) is 3.37. The summed E-state index contributed by atoms with van der Waals surface area (Å²) in [6, 6.07) is 0. The first-order valence-corrected chi connectivity index (χ1v) is 2.83. The van der Waals surface area contributed by atoms with Crippen LogP contribution in [0.25, 0.3) is 0 Å². The van der Waals surface area contributed by atoms with Crippen molar-refractivity contribution in [3.8, 4) is 0 Å². The summed E-state index contributed by atoms with van der Waals surface area (Å²) in [5, 5.41) is 0. The molecule has 0 amide bonds. The van der Waals surface area contributed by atoms with Crippen LogP contribution in [0.4, 0.5) is 0 Å². The lowest BCUT2D eigenvalue weighted by Gasteiger charge is -1.71. The lowest BCUT2D eigenvalue weighted by molar-refractivity contribution is -0.109. The quantitative estimate of drug-likeness (QED) is 0.445. The van der Waals surface area contributed by atoms with Crippen molar-refractivity contribution in [1.82, 2.24) is 0 Å². The van der Waals surface area contributed by atoms with Gasteiger partial charge < -0.3 is 4.79 Å². The van der Waals surface area contributed by atoms with Gasteiger partial charge in [0.25, 0.3) is 0 Å². The molecule has 0 N–H and O–H groups in total. The highest BCUT2D eigenvalue weighted by Crippen LogP contribution is 2.69. The van der Waals surface area contributed by atoms with E-state index in [-0.39, 0.29) is 0 Å². The summed E-state index contributed by atoms with van der Waals surface area (Å²) in [5.74, 6) is 0.479. The molecule has 0 radical (unpaired) electrons. The van der Waals surface area contributed by atoms with Crippen LogP contribution in [0.2, 0.25) is 0 Å². The maximum absolute atomic E-state index is 10.0. The molecule has 2 rings (SSSR count). The lowest BCUT2D eigenvalue weighted by Crippen LogP contribution is -1.77. The van der Waals surface area contributed by atoms with E-state index in [1.807, 2.05) is 0 Å². The number of carbonyl (C=O) groups excluding carboxylic acids is 1. The van der Waals surface area contributed by atoms with Crippen LogP contribution in [-0.2, 0) is 4.79 Å². The van der Waals surface area contributed by atoms with Crippen molar-refractivity contribution >= 4 is 6.29 Å². The third-order valence-corrected chi connectivity index (χ3v) is 2.31. The number of aldehydes is 1. The molecule has 1 unspecified atom stereocenters. The Hall–Kier alpha value is -0.330. The van der Waals surface area contributed by atoms with E-state index < -0.39 is 0 Å². The fourth-order valence-corrected chi connectivity index (χ4v) is 1.31. The Morgan fingerprint density at radius 2 is 2.29 bits per heavy atom. The number of rotatable bonds is 1. The maximum Gasteiger partial charge on any atom is 0.123 e. The molecule has 0 saturated heterocycles. The molecular formula is C6H8O. The molecular weight excluding hydrogens is 88.1 g/mol. The van der Waals surface area contributed by atoms with Crippen LogP contribution in [0, 0.1) is 11.3 Å². The van der Waals surface area contributed by atoms with E-state index in [1.165, 1.54) is 19.3 Å². The van der Waals surface area contributed by atoms with Crippen LogP contribution >= 0.6 is 0 Å². The third-order valence-electron chi connectivity index (χ3n) is 2.31. The van der Waals surface area contributed by atoms with Gasteiger partial charge in [-0.15, -0.1) is 0 Å². The van der Waals surface area contributed by atoms with Gasteiger partial charge in [0.05, 0.1) is 0 Å². The standard InChI is InChI=1S/C6H8O/c7-4-5-3-6(5)1-2-6/h4-5H,1-3H2. The molecule has 0 aliphatic heterocycles. The van der Waals surface area contributed by atoms with E-state index in [1.54, 1.807) is 0 Å². The van der Waals surface area contributed by atoms with Gasteiger partial charge in [-0.25, -0.2) is 0 Å². The molecule has 2 aliphatic rings. The van der Waals surface area contributed by atoms with E-state index >= 15 is 0 Å². The molecule has 1 heteroatoms. The molecule has 1 nitrogen and oxygen atoms in total. The van der Waals surface area contributed by atoms with Gasteiger partial charge in [0.15, 0.2) is 0 Å². The highest BCUT2D eigenvalue weighted by molar-refractivity contribution is 5.61. The minimum Gasteiger partial charge on any atom is -0.303 e. The average molecular weight is 96.1 g/mol. The summed E-state index contributed by atoms with van der Waals surface area (Å²) in [6.07, 6.45) is 4.98. The van der Waals surface area contributed by atoms with Gasteiger partial charge in [-0.3, -0.25) is 0 Å². The smallest absolute Gasteiger partial charge is 0.123 e. The highest BCUT2D eigenvalue weighted by atomic mass is 16.1. The summed E-state index contributed by atoms with van der Waals surface area (Å²) < 4.78 is 0. The Labute approximate surface area is 42.7 Å². The zero-order valence-electron chi connectivity index (χ0n) is 4.18. The van der Waals surface area contributed by atoms with E-state index in [0.29, 0.717) is 11.3 Å². The Morgan fingerprint density at radius 3 is 2.43 bits per heavy atom. The van der Waals surface area contributed by atoms with Crippen LogP contribution < -0.4 is 0 Å². The Kier molecular flexibility index (Phi) is 0.401. The minimum atomic E-state index is 0.479. The zero-order chi connectivity index (χ0) is 4.91. The fourth-order valence-electron chi connectivity index (χ4n) is 1.31. The molecule has 0 aromatic heterocycles. The van der Waals surface area contributed by atoms with Crippen molar-refractivity contribution in [2.24, 2.45) is 11.3 Å². The molecule has 2 fully saturated rings. The molecule has 2 aliphatic carbocycles. The van der Waals surface area contributed by atoms with Gasteiger partial charge >= 0.3 is 0 Å². The third kappa shape index (κ3) is 0.311. The molecule has 38 valence electrons.